The van der Waals surface area contributed by atoms with Crippen LogP contribution in [-0.4, -0.2) is 76.5 Å². The number of ketones is 1. The highest BCUT2D eigenvalue weighted by atomic mass is 16.7. The van der Waals surface area contributed by atoms with E-state index in [2.05, 4.69) is 4.99 Å². The summed E-state index contributed by atoms with van der Waals surface area (Å²) in [6, 6.07) is 6.22. The normalized spacial score (nSPS) is 21.9. The van der Waals surface area contributed by atoms with Crippen LogP contribution in [0.25, 0.3) is 0 Å². The van der Waals surface area contributed by atoms with Gasteiger partial charge in [0.25, 0.3) is 6.29 Å². The number of hydrogen-bond acceptors (Lipinski definition) is 11. The van der Waals surface area contributed by atoms with Gasteiger partial charge in [-0.15, -0.1) is 0 Å². The standard InChI is InChI=1S/C26H38N4O9/c1-13(2)21(27)24(36)39-25(15-7-5-4-6-8-15)38-23(35)20-10-18(30-26(28)29)16(9-14(3)33)22(37-20)17(11-31)19(34)12-32/h4-8,10,13,16-19,21-22,25,31-32,34H,9,11-12,27H2,1-3H3,(H4,28,29,30)/t16-,17+,18+,19-,21+,22-,25?/m1/s1. The molecule has 0 bridgehead atoms. The third-order valence-corrected chi connectivity index (χ3v) is 6.28. The van der Waals surface area contributed by atoms with Gasteiger partial charge in [-0.3, -0.25) is 4.79 Å². The van der Waals surface area contributed by atoms with E-state index < -0.39 is 73.3 Å². The maximum Gasteiger partial charge on any atom is 0.376 e. The Morgan fingerprint density at radius 2 is 1.72 bits per heavy atom. The van der Waals surface area contributed by atoms with Gasteiger partial charge in [-0.05, 0) is 18.9 Å². The molecule has 216 valence electrons. The number of rotatable bonds is 13. The minimum absolute atomic E-state index is 0.128. The third kappa shape index (κ3) is 8.75. The summed E-state index contributed by atoms with van der Waals surface area (Å²) in [5.41, 5.74) is 17.4. The van der Waals surface area contributed by atoms with Crippen LogP contribution in [0.1, 0.15) is 39.0 Å². The smallest absolute Gasteiger partial charge is 0.376 e. The lowest BCUT2D eigenvalue weighted by Gasteiger charge is -2.40. The van der Waals surface area contributed by atoms with E-state index in [0.29, 0.717) is 5.56 Å². The van der Waals surface area contributed by atoms with Crippen molar-refractivity contribution in [2.24, 2.45) is 39.9 Å². The predicted octanol–water partition coefficient (Wildman–Crippen LogP) is -0.763. The second-order valence-electron chi connectivity index (χ2n) is 9.68. The summed E-state index contributed by atoms with van der Waals surface area (Å²) in [7, 11) is 0. The number of aliphatic hydroxyl groups excluding tert-OH is 3. The number of aliphatic imine (C=N–C) groups is 1. The number of nitrogens with two attached hydrogens (primary N) is 3. The number of carbonyl (C=O) groups is 3. The zero-order chi connectivity index (χ0) is 29.3. The van der Waals surface area contributed by atoms with E-state index in [1.807, 2.05) is 0 Å². The van der Waals surface area contributed by atoms with Gasteiger partial charge < -0.3 is 51.5 Å². The molecule has 0 amide bonds. The van der Waals surface area contributed by atoms with Crippen molar-refractivity contribution in [2.75, 3.05) is 13.2 Å². The summed E-state index contributed by atoms with van der Waals surface area (Å²) >= 11 is 0. The SMILES string of the molecule is CC(=O)C[C@H]1[C@H]([C@@H](CO)[C@H](O)CO)OC(C(=O)OC(OC(=O)[C@@H](N)C(C)C)c2ccccc2)=C[C@@H]1N=C(N)N. The van der Waals surface area contributed by atoms with Gasteiger partial charge in [0.2, 0.25) is 5.76 Å². The first-order chi connectivity index (χ1) is 18.4. The molecule has 0 fully saturated rings. The number of nitrogens with zero attached hydrogens (tertiary/aromatic N) is 1. The Morgan fingerprint density at radius 1 is 1.08 bits per heavy atom. The van der Waals surface area contributed by atoms with Crippen molar-refractivity contribution < 1.29 is 43.9 Å². The summed E-state index contributed by atoms with van der Waals surface area (Å²) in [6.45, 7) is 3.41. The first-order valence-corrected chi connectivity index (χ1v) is 12.5. The third-order valence-electron chi connectivity index (χ3n) is 6.28. The number of esters is 2. The molecule has 39 heavy (non-hydrogen) atoms. The Bertz CT molecular complexity index is 1040. The van der Waals surface area contributed by atoms with E-state index in [-0.39, 0.29) is 24.1 Å². The Hall–Kier alpha value is -3.52. The van der Waals surface area contributed by atoms with Crippen LogP contribution in [0.5, 0.6) is 0 Å². The number of carbonyl (C=O) groups excluding carboxylic acids is 3. The molecule has 1 aromatic rings. The van der Waals surface area contributed by atoms with Crippen molar-refractivity contribution >= 4 is 23.7 Å². The molecule has 1 unspecified atom stereocenters. The highest BCUT2D eigenvalue weighted by Gasteiger charge is 2.44. The fourth-order valence-electron chi connectivity index (χ4n) is 4.10. The van der Waals surface area contributed by atoms with Gasteiger partial charge in [-0.25, -0.2) is 9.79 Å². The molecular formula is C26H38N4O9. The molecule has 0 aliphatic carbocycles. The fraction of sp³-hybridized carbons (Fsp3) is 0.538. The van der Waals surface area contributed by atoms with Crippen molar-refractivity contribution in [1.29, 1.82) is 0 Å². The Kier molecular flexibility index (Phi) is 11.9. The summed E-state index contributed by atoms with van der Waals surface area (Å²) in [5.74, 6) is -5.09. The first-order valence-electron chi connectivity index (χ1n) is 12.5. The largest absolute Gasteiger partial charge is 0.482 e. The van der Waals surface area contributed by atoms with Crippen molar-refractivity contribution in [1.82, 2.24) is 0 Å². The van der Waals surface area contributed by atoms with Crippen LogP contribution in [0.4, 0.5) is 0 Å². The van der Waals surface area contributed by atoms with Crippen LogP contribution >= 0.6 is 0 Å². The minimum Gasteiger partial charge on any atom is -0.482 e. The average Bonchev–Trinajstić information content (AvgIpc) is 2.89. The molecule has 0 radical (unpaired) electrons. The molecule has 0 saturated carbocycles. The molecule has 1 aliphatic rings. The van der Waals surface area contributed by atoms with Gasteiger partial charge in [0.1, 0.15) is 17.9 Å². The van der Waals surface area contributed by atoms with Crippen LogP contribution in [0, 0.1) is 17.8 Å². The molecular weight excluding hydrogens is 512 g/mol. The van der Waals surface area contributed by atoms with Gasteiger partial charge in [-0.2, -0.15) is 0 Å². The van der Waals surface area contributed by atoms with E-state index in [1.165, 1.54) is 13.0 Å². The quantitative estimate of drug-likeness (QED) is 0.0770. The van der Waals surface area contributed by atoms with Crippen LogP contribution in [0.3, 0.4) is 0 Å². The number of ether oxygens (including phenoxy) is 3. The van der Waals surface area contributed by atoms with Gasteiger partial charge in [-0.1, -0.05) is 44.2 Å². The van der Waals surface area contributed by atoms with Crippen molar-refractivity contribution in [3.63, 3.8) is 0 Å². The second kappa shape index (κ2) is 14.6. The lowest BCUT2D eigenvalue weighted by molar-refractivity contribution is -0.193. The van der Waals surface area contributed by atoms with E-state index in [0.717, 1.165) is 0 Å². The second-order valence-corrected chi connectivity index (χ2v) is 9.68. The molecule has 0 spiro atoms. The predicted molar refractivity (Wildman–Crippen MR) is 139 cm³/mol. The number of Topliss-reactive ketones (excluding diaryl/α,β-unsaturated/α-hetero) is 1. The Labute approximate surface area is 226 Å². The molecule has 2 rings (SSSR count). The summed E-state index contributed by atoms with van der Waals surface area (Å²) in [4.78, 5) is 42.1. The molecule has 13 heteroatoms. The van der Waals surface area contributed by atoms with Gasteiger partial charge in [0, 0.05) is 23.8 Å². The molecule has 13 nitrogen and oxygen atoms in total. The molecule has 0 aromatic heterocycles. The van der Waals surface area contributed by atoms with Crippen LogP contribution in [-0.2, 0) is 28.6 Å². The summed E-state index contributed by atoms with van der Waals surface area (Å²) in [6.07, 6.45) is -3.02. The lowest BCUT2D eigenvalue weighted by atomic mass is 9.79. The lowest BCUT2D eigenvalue weighted by Crippen LogP contribution is -2.49. The van der Waals surface area contributed by atoms with Crippen molar-refractivity contribution in [2.45, 2.75) is 57.8 Å². The minimum atomic E-state index is -1.49. The van der Waals surface area contributed by atoms with Crippen molar-refractivity contribution in [3.8, 4) is 0 Å². The number of hydrogen-bond donors (Lipinski definition) is 6. The molecule has 9 N–H and O–H groups in total. The van der Waals surface area contributed by atoms with Crippen LogP contribution < -0.4 is 17.2 Å². The van der Waals surface area contributed by atoms with Crippen LogP contribution in [0.15, 0.2) is 47.2 Å². The van der Waals surface area contributed by atoms with Gasteiger partial charge in [0.05, 0.1) is 25.4 Å². The summed E-state index contributed by atoms with van der Waals surface area (Å²) < 4.78 is 16.8. The summed E-state index contributed by atoms with van der Waals surface area (Å²) in [5, 5.41) is 29.8. The molecule has 1 heterocycles. The van der Waals surface area contributed by atoms with Gasteiger partial charge >= 0.3 is 11.9 Å². The maximum atomic E-state index is 13.3. The number of benzene rings is 1. The Morgan fingerprint density at radius 3 is 2.23 bits per heavy atom. The van der Waals surface area contributed by atoms with E-state index in [4.69, 9.17) is 31.4 Å². The van der Waals surface area contributed by atoms with Gasteiger partial charge in [0.15, 0.2) is 5.96 Å². The van der Waals surface area contributed by atoms with Crippen molar-refractivity contribution in [3.05, 3.63) is 47.7 Å². The van der Waals surface area contributed by atoms with E-state index in [9.17, 15) is 29.7 Å². The maximum absolute atomic E-state index is 13.3. The monoisotopic (exact) mass is 550 g/mol. The van der Waals surface area contributed by atoms with E-state index in [1.54, 1.807) is 44.2 Å². The fourth-order valence-corrected chi connectivity index (χ4v) is 4.10. The first kappa shape index (κ1) is 31.7. The molecule has 1 aromatic carbocycles. The zero-order valence-corrected chi connectivity index (χ0v) is 22.2. The average molecular weight is 551 g/mol. The molecule has 1 aliphatic heterocycles. The number of aliphatic hydroxyl groups is 3. The topological polar surface area (TPSA) is 230 Å². The Balaban J connectivity index is 2.48. The van der Waals surface area contributed by atoms with E-state index >= 15 is 0 Å². The molecule has 7 atom stereocenters. The zero-order valence-electron chi connectivity index (χ0n) is 22.2. The highest BCUT2D eigenvalue weighted by molar-refractivity contribution is 5.87. The highest BCUT2D eigenvalue weighted by Crippen LogP contribution is 2.35. The van der Waals surface area contributed by atoms with Crippen LogP contribution in [0.2, 0.25) is 0 Å². The number of guanidine groups is 1. The molecule has 0 saturated heterocycles.